The van der Waals surface area contributed by atoms with E-state index in [1.807, 2.05) is 6.92 Å². The Hall–Kier alpha value is -1.84. The molecule has 1 saturated carbocycles. The van der Waals surface area contributed by atoms with Crippen molar-refractivity contribution in [2.45, 2.75) is 18.8 Å². The molecule has 84 valence electrons. The van der Waals surface area contributed by atoms with E-state index >= 15 is 0 Å². The fourth-order valence-electron chi connectivity index (χ4n) is 2.09. The minimum atomic E-state index is -1.21. The number of carboxylic acids is 2. The van der Waals surface area contributed by atoms with Crippen LogP contribution < -0.4 is 0 Å². The zero-order valence-corrected chi connectivity index (χ0v) is 8.80. The molecule has 2 rings (SSSR count). The van der Waals surface area contributed by atoms with Gasteiger partial charge in [0.15, 0.2) is 0 Å². The number of aryl methyl sites for hydroxylation is 1. The van der Waals surface area contributed by atoms with Crippen LogP contribution >= 0.6 is 0 Å². The maximum atomic E-state index is 11.2. The lowest BCUT2D eigenvalue weighted by Crippen LogP contribution is -2.25. The molecule has 0 amide bonds. The third-order valence-electron chi connectivity index (χ3n) is 3.21. The number of carboxylic acid groups (broad SMARTS) is 2. The molecule has 0 heterocycles. The Balaban J connectivity index is 2.40. The van der Waals surface area contributed by atoms with E-state index in [1.54, 1.807) is 24.3 Å². The monoisotopic (exact) mass is 220 g/mol. The van der Waals surface area contributed by atoms with Gasteiger partial charge in [0.2, 0.25) is 0 Å². The van der Waals surface area contributed by atoms with Gasteiger partial charge in [-0.05, 0) is 18.9 Å². The molecule has 16 heavy (non-hydrogen) atoms. The highest BCUT2D eigenvalue weighted by Gasteiger charge is 2.65. The molecule has 0 saturated heterocycles. The van der Waals surface area contributed by atoms with Crippen molar-refractivity contribution in [3.8, 4) is 0 Å². The molecule has 0 aromatic heterocycles. The van der Waals surface area contributed by atoms with E-state index in [2.05, 4.69) is 0 Å². The Kier molecular flexibility index (Phi) is 2.22. The Morgan fingerprint density at radius 3 is 2.19 bits per heavy atom. The van der Waals surface area contributed by atoms with E-state index < -0.39 is 23.3 Å². The first kappa shape index (κ1) is 10.7. The summed E-state index contributed by atoms with van der Waals surface area (Å²) < 4.78 is 0. The molecule has 1 fully saturated rings. The van der Waals surface area contributed by atoms with Crippen LogP contribution in [0.5, 0.6) is 0 Å². The van der Waals surface area contributed by atoms with Gasteiger partial charge in [0.05, 0.1) is 5.92 Å². The Morgan fingerprint density at radius 1 is 1.25 bits per heavy atom. The molecule has 1 aromatic carbocycles. The van der Waals surface area contributed by atoms with Gasteiger partial charge in [-0.3, -0.25) is 9.59 Å². The number of carbonyl (C=O) groups is 2. The Morgan fingerprint density at radius 2 is 1.81 bits per heavy atom. The summed E-state index contributed by atoms with van der Waals surface area (Å²) in [7, 11) is 0. The van der Waals surface area contributed by atoms with Gasteiger partial charge in [-0.15, -0.1) is 0 Å². The molecule has 2 N–H and O–H groups in total. The number of benzene rings is 1. The van der Waals surface area contributed by atoms with Gasteiger partial charge < -0.3 is 10.2 Å². The molecule has 1 aliphatic carbocycles. The minimum absolute atomic E-state index is 0.181. The van der Waals surface area contributed by atoms with Crippen LogP contribution in [-0.4, -0.2) is 22.2 Å². The van der Waals surface area contributed by atoms with Crippen LogP contribution in [0.4, 0.5) is 0 Å². The third-order valence-corrected chi connectivity index (χ3v) is 3.21. The van der Waals surface area contributed by atoms with Crippen molar-refractivity contribution in [3.63, 3.8) is 0 Å². The first-order valence-corrected chi connectivity index (χ1v) is 5.02. The van der Waals surface area contributed by atoms with Crippen molar-refractivity contribution < 1.29 is 19.8 Å². The highest BCUT2D eigenvalue weighted by atomic mass is 16.4. The summed E-state index contributed by atoms with van der Waals surface area (Å²) in [5, 5.41) is 18.1. The first-order valence-electron chi connectivity index (χ1n) is 5.02. The van der Waals surface area contributed by atoms with E-state index in [0.29, 0.717) is 5.56 Å². The second-order valence-corrected chi connectivity index (χ2v) is 4.24. The fourth-order valence-corrected chi connectivity index (χ4v) is 2.09. The van der Waals surface area contributed by atoms with Crippen LogP contribution in [0, 0.1) is 12.8 Å². The minimum Gasteiger partial charge on any atom is -0.481 e. The van der Waals surface area contributed by atoms with Crippen molar-refractivity contribution in [3.05, 3.63) is 35.4 Å². The summed E-state index contributed by atoms with van der Waals surface area (Å²) in [4.78, 5) is 22.1. The molecule has 4 heteroatoms. The highest BCUT2D eigenvalue weighted by molar-refractivity contribution is 5.94. The van der Waals surface area contributed by atoms with Crippen molar-refractivity contribution in [2.24, 2.45) is 5.92 Å². The Labute approximate surface area is 92.5 Å². The van der Waals surface area contributed by atoms with Gasteiger partial charge in [-0.25, -0.2) is 0 Å². The van der Waals surface area contributed by atoms with Crippen LogP contribution in [0.1, 0.15) is 17.5 Å². The van der Waals surface area contributed by atoms with E-state index in [9.17, 15) is 14.7 Å². The molecular formula is C12H12O4. The summed E-state index contributed by atoms with van der Waals surface area (Å²) in [6.45, 7) is 1.90. The summed E-state index contributed by atoms with van der Waals surface area (Å²) in [5.74, 6) is -2.89. The zero-order chi connectivity index (χ0) is 11.9. The number of aliphatic carboxylic acids is 2. The molecule has 1 aliphatic rings. The predicted molar refractivity (Wildman–Crippen MR) is 56.2 cm³/mol. The standard InChI is InChI=1S/C12H12O4/c1-7-2-4-8(5-3-7)12(11(15)16)6-9(12)10(13)14/h2-5,9H,6H2,1H3,(H,13,14)(H,15,16)/t9-,12?/m1/s1. The zero-order valence-electron chi connectivity index (χ0n) is 8.80. The van der Waals surface area contributed by atoms with Crippen molar-refractivity contribution in [2.75, 3.05) is 0 Å². The van der Waals surface area contributed by atoms with Crippen LogP contribution in [0.2, 0.25) is 0 Å². The maximum Gasteiger partial charge on any atom is 0.315 e. The van der Waals surface area contributed by atoms with Crippen LogP contribution in [0.3, 0.4) is 0 Å². The van der Waals surface area contributed by atoms with Crippen LogP contribution in [0.15, 0.2) is 24.3 Å². The molecule has 1 aromatic rings. The second kappa shape index (κ2) is 3.33. The van der Waals surface area contributed by atoms with Crippen LogP contribution in [0.25, 0.3) is 0 Å². The SMILES string of the molecule is Cc1ccc(C2(C(=O)O)C[C@@H]2C(=O)O)cc1. The molecule has 0 radical (unpaired) electrons. The van der Waals surface area contributed by atoms with Crippen molar-refractivity contribution in [1.29, 1.82) is 0 Å². The predicted octanol–water partition coefficient (Wildman–Crippen LogP) is 1.42. The van der Waals surface area contributed by atoms with E-state index in [0.717, 1.165) is 5.56 Å². The van der Waals surface area contributed by atoms with Gasteiger partial charge in [0.25, 0.3) is 0 Å². The van der Waals surface area contributed by atoms with Crippen molar-refractivity contribution in [1.82, 2.24) is 0 Å². The summed E-state index contributed by atoms with van der Waals surface area (Å²) in [6, 6.07) is 7.01. The molecule has 0 spiro atoms. The second-order valence-electron chi connectivity index (χ2n) is 4.24. The first-order chi connectivity index (χ1) is 7.48. The van der Waals surface area contributed by atoms with Crippen molar-refractivity contribution >= 4 is 11.9 Å². The lowest BCUT2D eigenvalue weighted by atomic mass is 9.92. The third kappa shape index (κ3) is 1.38. The summed E-state index contributed by atoms with van der Waals surface area (Å²) >= 11 is 0. The molecule has 4 nitrogen and oxygen atoms in total. The molecule has 1 unspecified atom stereocenters. The number of hydrogen-bond acceptors (Lipinski definition) is 2. The molecular weight excluding hydrogens is 208 g/mol. The van der Waals surface area contributed by atoms with E-state index in [-0.39, 0.29) is 6.42 Å². The van der Waals surface area contributed by atoms with Gasteiger partial charge in [-0.2, -0.15) is 0 Å². The van der Waals surface area contributed by atoms with Gasteiger partial charge in [0, 0.05) is 0 Å². The average molecular weight is 220 g/mol. The fraction of sp³-hybridized carbons (Fsp3) is 0.333. The molecule has 0 aliphatic heterocycles. The molecule has 0 bridgehead atoms. The smallest absolute Gasteiger partial charge is 0.315 e. The van der Waals surface area contributed by atoms with Gasteiger partial charge in [-0.1, -0.05) is 29.8 Å². The summed E-state index contributed by atoms with van der Waals surface area (Å²) in [5.41, 5.74) is 0.398. The van der Waals surface area contributed by atoms with Gasteiger partial charge >= 0.3 is 11.9 Å². The lowest BCUT2D eigenvalue weighted by molar-refractivity contribution is -0.145. The van der Waals surface area contributed by atoms with Gasteiger partial charge in [0.1, 0.15) is 5.41 Å². The largest absolute Gasteiger partial charge is 0.481 e. The number of hydrogen-bond donors (Lipinski definition) is 2. The average Bonchev–Trinajstić information content (AvgIpc) is 2.95. The van der Waals surface area contributed by atoms with Crippen LogP contribution in [-0.2, 0) is 15.0 Å². The van der Waals surface area contributed by atoms with E-state index in [1.165, 1.54) is 0 Å². The van der Waals surface area contributed by atoms with E-state index in [4.69, 9.17) is 5.11 Å². The lowest BCUT2D eigenvalue weighted by Gasteiger charge is -2.11. The normalized spacial score (nSPS) is 27.4. The quantitative estimate of drug-likeness (QED) is 0.807. The Bertz CT molecular complexity index is 449. The topological polar surface area (TPSA) is 74.6 Å². The molecule has 2 atom stereocenters. The maximum absolute atomic E-state index is 11.2. The highest BCUT2D eigenvalue weighted by Crippen LogP contribution is 2.54. The number of rotatable bonds is 3. The summed E-state index contributed by atoms with van der Waals surface area (Å²) in [6.07, 6.45) is 0.181.